The highest BCUT2D eigenvalue weighted by Crippen LogP contribution is 2.30. The van der Waals surface area contributed by atoms with Gasteiger partial charge in [-0.05, 0) is 73.8 Å². The second-order valence-corrected chi connectivity index (χ2v) is 8.02. The number of halogens is 3. The SMILES string of the molecule is N#Cc1ccc2[nH]cc(CCCCN3CCN(c4ccc(C(F)(F)F)cc4)CC3)c2c1. The van der Waals surface area contributed by atoms with Crippen LogP contribution in [0.25, 0.3) is 10.9 Å². The summed E-state index contributed by atoms with van der Waals surface area (Å²) in [5.74, 6) is 0. The van der Waals surface area contributed by atoms with Crippen molar-refractivity contribution in [2.24, 2.45) is 0 Å². The number of aromatic nitrogens is 1. The predicted molar refractivity (Wildman–Crippen MR) is 116 cm³/mol. The molecule has 0 amide bonds. The Hall–Kier alpha value is -2.98. The lowest BCUT2D eigenvalue weighted by molar-refractivity contribution is -0.137. The molecule has 0 radical (unpaired) electrons. The van der Waals surface area contributed by atoms with E-state index in [0.717, 1.165) is 80.7 Å². The molecule has 0 aliphatic carbocycles. The van der Waals surface area contributed by atoms with Crippen molar-refractivity contribution in [3.8, 4) is 6.07 Å². The number of alkyl halides is 3. The number of nitriles is 1. The summed E-state index contributed by atoms with van der Waals surface area (Å²) in [6.45, 7) is 4.50. The molecule has 0 unspecified atom stereocenters. The molecular formula is C24H25F3N4. The summed E-state index contributed by atoms with van der Waals surface area (Å²) in [6.07, 6.45) is 0.880. The van der Waals surface area contributed by atoms with Crippen LogP contribution in [0, 0.1) is 11.3 Å². The molecule has 0 bridgehead atoms. The summed E-state index contributed by atoms with van der Waals surface area (Å²) in [5, 5.41) is 10.2. The molecule has 2 aromatic carbocycles. The third kappa shape index (κ3) is 5.02. The largest absolute Gasteiger partial charge is 0.416 e. The Bertz CT molecular complexity index is 1060. The smallest absolute Gasteiger partial charge is 0.369 e. The Morgan fingerprint density at radius 1 is 0.968 bits per heavy atom. The molecule has 4 rings (SSSR count). The molecule has 1 aliphatic heterocycles. The van der Waals surface area contributed by atoms with Gasteiger partial charge in [-0.1, -0.05) is 0 Å². The Labute approximate surface area is 179 Å². The van der Waals surface area contributed by atoms with Crippen molar-refractivity contribution < 1.29 is 13.2 Å². The lowest BCUT2D eigenvalue weighted by Gasteiger charge is -2.36. The molecule has 4 nitrogen and oxygen atoms in total. The fourth-order valence-corrected chi connectivity index (χ4v) is 4.20. The molecule has 7 heteroatoms. The van der Waals surface area contributed by atoms with Gasteiger partial charge in [0.25, 0.3) is 0 Å². The minimum absolute atomic E-state index is 0.603. The first-order valence-corrected chi connectivity index (χ1v) is 10.6. The van der Waals surface area contributed by atoms with Crippen LogP contribution in [0.1, 0.15) is 29.5 Å². The number of H-pyrrole nitrogens is 1. The van der Waals surface area contributed by atoms with Gasteiger partial charge in [0.1, 0.15) is 0 Å². The average Bonchev–Trinajstić information content (AvgIpc) is 3.19. The van der Waals surface area contributed by atoms with E-state index in [1.807, 2.05) is 24.4 Å². The van der Waals surface area contributed by atoms with Crippen molar-refractivity contribution in [3.63, 3.8) is 0 Å². The Kier molecular flexibility index (Phi) is 6.19. The fraction of sp³-hybridized carbons (Fsp3) is 0.375. The summed E-state index contributed by atoms with van der Waals surface area (Å²) in [5.41, 5.74) is 3.24. The van der Waals surface area contributed by atoms with Crippen LogP contribution >= 0.6 is 0 Å². The van der Waals surface area contributed by atoms with E-state index in [1.54, 1.807) is 12.1 Å². The number of hydrogen-bond acceptors (Lipinski definition) is 3. The number of nitrogens with one attached hydrogen (secondary N) is 1. The first kappa shape index (κ1) is 21.3. The lowest BCUT2D eigenvalue weighted by atomic mass is 10.1. The highest BCUT2D eigenvalue weighted by Gasteiger charge is 2.30. The zero-order valence-corrected chi connectivity index (χ0v) is 17.3. The Morgan fingerprint density at radius 2 is 1.71 bits per heavy atom. The molecule has 0 saturated carbocycles. The summed E-state index contributed by atoms with van der Waals surface area (Å²) < 4.78 is 38.2. The van der Waals surface area contributed by atoms with Crippen LogP contribution in [0.3, 0.4) is 0 Å². The number of benzene rings is 2. The standard InChI is InChI=1S/C24H25F3N4/c25-24(26,27)20-5-7-21(8-6-20)31-13-11-30(12-14-31)10-2-1-3-19-17-29-23-9-4-18(16-28)15-22(19)23/h4-9,15,17,29H,1-3,10-14H2. The van der Waals surface area contributed by atoms with E-state index in [2.05, 4.69) is 20.9 Å². The molecule has 1 aromatic heterocycles. The molecule has 3 aromatic rings. The average molecular weight is 426 g/mol. The minimum Gasteiger partial charge on any atom is -0.369 e. The van der Waals surface area contributed by atoms with Crippen molar-refractivity contribution in [2.75, 3.05) is 37.6 Å². The maximum absolute atomic E-state index is 12.7. The van der Waals surface area contributed by atoms with Crippen LogP contribution < -0.4 is 4.90 Å². The van der Waals surface area contributed by atoms with Crippen molar-refractivity contribution >= 4 is 16.6 Å². The highest BCUT2D eigenvalue weighted by atomic mass is 19.4. The van der Waals surface area contributed by atoms with Crippen molar-refractivity contribution in [1.29, 1.82) is 5.26 Å². The van der Waals surface area contributed by atoms with E-state index in [9.17, 15) is 13.2 Å². The number of piperazine rings is 1. The number of nitrogens with zero attached hydrogens (tertiary/aromatic N) is 3. The topological polar surface area (TPSA) is 46.1 Å². The van der Waals surface area contributed by atoms with Gasteiger partial charge in [-0.15, -0.1) is 0 Å². The van der Waals surface area contributed by atoms with Crippen LogP contribution in [-0.2, 0) is 12.6 Å². The molecule has 0 spiro atoms. The number of rotatable bonds is 6. The van der Waals surface area contributed by atoms with E-state index < -0.39 is 11.7 Å². The van der Waals surface area contributed by atoms with E-state index >= 15 is 0 Å². The molecule has 2 heterocycles. The normalized spacial score (nSPS) is 15.4. The molecule has 162 valence electrons. The summed E-state index contributed by atoms with van der Waals surface area (Å²) in [7, 11) is 0. The van der Waals surface area contributed by atoms with Gasteiger partial charge >= 0.3 is 6.18 Å². The fourth-order valence-electron chi connectivity index (χ4n) is 4.20. The maximum atomic E-state index is 12.7. The van der Waals surface area contributed by atoms with E-state index in [4.69, 9.17) is 5.26 Å². The van der Waals surface area contributed by atoms with Crippen LogP contribution in [-0.4, -0.2) is 42.6 Å². The quantitative estimate of drug-likeness (QED) is 0.551. The number of aromatic amines is 1. The lowest BCUT2D eigenvalue weighted by Crippen LogP contribution is -2.46. The molecule has 1 N–H and O–H groups in total. The predicted octanol–water partition coefficient (Wildman–Crippen LogP) is 5.20. The third-order valence-corrected chi connectivity index (χ3v) is 6.00. The highest BCUT2D eigenvalue weighted by molar-refractivity contribution is 5.84. The van der Waals surface area contributed by atoms with Gasteiger partial charge in [0.05, 0.1) is 17.2 Å². The van der Waals surface area contributed by atoms with Crippen molar-refractivity contribution in [3.05, 3.63) is 65.4 Å². The first-order valence-electron chi connectivity index (χ1n) is 10.6. The van der Waals surface area contributed by atoms with Gasteiger partial charge in [0.15, 0.2) is 0 Å². The van der Waals surface area contributed by atoms with E-state index in [0.29, 0.717) is 5.56 Å². The molecule has 1 fully saturated rings. The molecule has 1 saturated heterocycles. The Morgan fingerprint density at radius 3 is 2.39 bits per heavy atom. The van der Waals surface area contributed by atoms with Crippen LogP contribution in [0.2, 0.25) is 0 Å². The monoisotopic (exact) mass is 426 g/mol. The van der Waals surface area contributed by atoms with Crippen LogP contribution in [0.5, 0.6) is 0 Å². The molecule has 1 aliphatic rings. The first-order chi connectivity index (χ1) is 14.9. The summed E-state index contributed by atoms with van der Waals surface area (Å²) >= 11 is 0. The van der Waals surface area contributed by atoms with Gasteiger partial charge in [0.2, 0.25) is 0 Å². The minimum atomic E-state index is -4.29. The number of fused-ring (bicyclic) bond motifs is 1. The summed E-state index contributed by atoms with van der Waals surface area (Å²) in [4.78, 5) is 7.84. The summed E-state index contributed by atoms with van der Waals surface area (Å²) in [6, 6.07) is 13.4. The maximum Gasteiger partial charge on any atom is 0.416 e. The number of hydrogen-bond donors (Lipinski definition) is 1. The van der Waals surface area contributed by atoms with Crippen molar-refractivity contribution in [1.82, 2.24) is 9.88 Å². The molecule has 0 atom stereocenters. The zero-order valence-electron chi connectivity index (χ0n) is 17.3. The Balaban J connectivity index is 1.22. The van der Waals surface area contributed by atoms with Crippen LogP contribution in [0.15, 0.2) is 48.7 Å². The van der Waals surface area contributed by atoms with Gasteiger partial charge in [0, 0.05) is 49.0 Å². The van der Waals surface area contributed by atoms with E-state index in [1.165, 1.54) is 5.56 Å². The second-order valence-electron chi connectivity index (χ2n) is 8.02. The number of aryl methyl sites for hydroxylation is 1. The number of anilines is 1. The van der Waals surface area contributed by atoms with Gasteiger partial charge in [-0.3, -0.25) is 4.90 Å². The van der Waals surface area contributed by atoms with Gasteiger partial charge in [-0.25, -0.2) is 0 Å². The van der Waals surface area contributed by atoms with Gasteiger partial charge in [-0.2, -0.15) is 18.4 Å². The zero-order chi connectivity index (χ0) is 21.8. The van der Waals surface area contributed by atoms with Gasteiger partial charge < -0.3 is 9.88 Å². The third-order valence-electron chi connectivity index (χ3n) is 6.00. The van der Waals surface area contributed by atoms with Crippen molar-refractivity contribution in [2.45, 2.75) is 25.4 Å². The van der Waals surface area contributed by atoms with Crippen LogP contribution in [0.4, 0.5) is 18.9 Å². The molecule has 31 heavy (non-hydrogen) atoms. The number of unbranched alkanes of at least 4 members (excludes halogenated alkanes) is 1. The molecular weight excluding hydrogens is 401 g/mol. The second kappa shape index (κ2) is 9.03. The van der Waals surface area contributed by atoms with E-state index in [-0.39, 0.29) is 0 Å².